The Bertz CT molecular complexity index is 745. The Morgan fingerprint density at radius 1 is 1.32 bits per heavy atom. The Morgan fingerprint density at radius 3 is 2.92 bits per heavy atom. The molecular formula is C20H21BrO2S2. The average Bonchev–Trinajstić information content (AvgIpc) is 3.09. The lowest BCUT2D eigenvalue weighted by atomic mass is 9.67. The molecule has 0 N–H and O–H groups in total. The van der Waals surface area contributed by atoms with Crippen LogP contribution in [-0.4, -0.2) is 30.0 Å². The zero-order chi connectivity index (χ0) is 17.3. The molecule has 0 radical (unpaired) electrons. The van der Waals surface area contributed by atoms with Gasteiger partial charge in [0.25, 0.3) is 0 Å². The molecule has 5 heteroatoms. The molecule has 3 atom stereocenters. The van der Waals surface area contributed by atoms with Crippen molar-refractivity contribution in [3.8, 4) is 0 Å². The van der Waals surface area contributed by atoms with E-state index in [1.807, 2.05) is 53.4 Å². The molecule has 0 amide bonds. The van der Waals surface area contributed by atoms with Gasteiger partial charge in [-0.25, -0.2) is 0 Å². The number of thiophene rings is 1. The maximum Gasteiger partial charge on any atom is 0.163 e. The Balaban J connectivity index is 1.55. The lowest BCUT2D eigenvalue weighted by Crippen LogP contribution is -2.48. The van der Waals surface area contributed by atoms with Crippen LogP contribution in [0.3, 0.4) is 0 Å². The second-order valence-electron chi connectivity index (χ2n) is 6.96. The molecule has 2 fully saturated rings. The number of halogens is 1. The van der Waals surface area contributed by atoms with E-state index in [0.717, 1.165) is 37.4 Å². The quantitative estimate of drug-likeness (QED) is 0.586. The van der Waals surface area contributed by atoms with E-state index >= 15 is 0 Å². The molecule has 2 saturated heterocycles. The highest BCUT2D eigenvalue weighted by atomic mass is 79.9. The number of ketones is 1. The van der Waals surface area contributed by atoms with Crippen molar-refractivity contribution >= 4 is 44.8 Å². The van der Waals surface area contributed by atoms with Gasteiger partial charge >= 0.3 is 0 Å². The maximum atomic E-state index is 12.7. The number of fused-ring (bicyclic) bond motifs is 1. The fraction of sp³-hybridized carbons (Fsp3) is 0.450. The van der Waals surface area contributed by atoms with E-state index in [-0.39, 0.29) is 11.2 Å². The third-order valence-corrected chi connectivity index (χ3v) is 8.80. The van der Waals surface area contributed by atoms with E-state index < -0.39 is 0 Å². The number of Topliss-reactive ketones (excluding diaryl/α,β-unsaturated/α-hetero) is 1. The molecule has 2 aromatic rings. The normalized spacial score (nSPS) is 29.2. The maximum absolute atomic E-state index is 12.7. The van der Waals surface area contributed by atoms with Gasteiger partial charge in [0.2, 0.25) is 0 Å². The van der Waals surface area contributed by atoms with Gasteiger partial charge in [0.1, 0.15) is 0 Å². The molecule has 132 valence electrons. The number of carbonyl (C=O) groups is 1. The van der Waals surface area contributed by atoms with Crippen molar-refractivity contribution in [3.05, 3.63) is 56.7 Å². The van der Waals surface area contributed by atoms with Crippen molar-refractivity contribution in [3.63, 3.8) is 0 Å². The first-order chi connectivity index (χ1) is 12.2. The van der Waals surface area contributed by atoms with Crippen LogP contribution in [0, 0.1) is 5.92 Å². The Morgan fingerprint density at radius 2 is 2.16 bits per heavy atom. The van der Waals surface area contributed by atoms with Gasteiger partial charge in [0.15, 0.2) is 5.78 Å². The highest BCUT2D eigenvalue weighted by Gasteiger charge is 2.48. The van der Waals surface area contributed by atoms with Gasteiger partial charge in [-0.1, -0.05) is 30.3 Å². The SMILES string of the molecule is O=C(CC1C[C@@]2(c3cc(Br)cs3)CCOC[C@H]2CS1)c1ccccc1. The van der Waals surface area contributed by atoms with E-state index in [0.29, 0.717) is 17.6 Å². The number of hydrogen-bond donors (Lipinski definition) is 0. The van der Waals surface area contributed by atoms with Crippen LogP contribution in [0.25, 0.3) is 0 Å². The molecule has 1 unspecified atom stereocenters. The molecule has 25 heavy (non-hydrogen) atoms. The molecule has 0 saturated carbocycles. The number of hydrogen-bond acceptors (Lipinski definition) is 4. The van der Waals surface area contributed by atoms with Gasteiger partial charge in [0.05, 0.1) is 6.61 Å². The topological polar surface area (TPSA) is 26.3 Å². The lowest BCUT2D eigenvalue weighted by Gasteiger charge is -2.49. The minimum Gasteiger partial charge on any atom is -0.381 e. The van der Waals surface area contributed by atoms with Crippen LogP contribution in [-0.2, 0) is 10.2 Å². The van der Waals surface area contributed by atoms with E-state index in [2.05, 4.69) is 27.4 Å². The van der Waals surface area contributed by atoms with Gasteiger partial charge in [-0.15, -0.1) is 11.3 Å². The van der Waals surface area contributed by atoms with Crippen molar-refractivity contribution in [2.75, 3.05) is 19.0 Å². The van der Waals surface area contributed by atoms with Crippen LogP contribution < -0.4 is 0 Å². The summed E-state index contributed by atoms with van der Waals surface area (Å²) < 4.78 is 6.96. The number of thioether (sulfide) groups is 1. The predicted octanol–water partition coefficient (Wildman–Crippen LogP) is 5.56. The summed E-state index contributed by atoms with van der Waals surface area (Å²) in [6.45, 7) is 1.68. The zero-order valence-electron chi connectivity index (χ0n) is 13.9. The first kappa shape index (κ1) is 17.8. The van der Waals surface area contributed by atoms with E-state index in [4.69, 9.17) is 4.74 Å². The zero-order valence-corrected chi connectivity index (χ0v) is 17.2. The molecule has 1 aromatic heterocycles. The summed E-state index contributed by atoms with van der Waals surface area (Å²) in [6.07, 6.45) is 2.79. The van der Waals surface area contributed by atoms with Crippen molar-refractivity contribution in [1.29, 1.82) is 0 Å². The molecule has 4 rings (SSSR count). The van der Waals surface area contributed by atoms with Crippen LogP contribution in [0.15, 0.2) is 46.3 Å². The molecule has 2 aliphatic rings. The number of carbonyl (C=O) groups excluding carboxylic acids is 1. The van der Waals surface area contributed by atoms with Crippen LogP contribution in [0.4, 0.5) is 0 Å². The van der Waals surface area contributed by atoms with Crippen LogP contribution >= 0.6 is 39.0 Å². The monoisotopic (exact) mass is 436 g/mol. The highest BCUT2D eigenvalue weighted by Crippen LogP contribution is 2.52. The smallest absolute Gasteiger partial charge is 0.163 e. The second-order valence-corrected chi connectivity index (χ2v) is 10.1. The number of rotatable bonds is 4. The van der Waals surface area contributed by atoms with Gasteiger partial charge in [-0.2, -0.15) is 11.8 Å². The summed E-state index contributed by atoms with van der Waals surface area (Å²) in [6, 6.07) is 12.0. The molecule has 0 spiro atoms. The summed E-state index contributed by atoms with van der Waals surface area (Å²) >= 11 is 7.43. The minimum absolute atomic E-state index is 0.182. The van der Waals surface area contributed by atoms with Gasteiger partial charge < -0.3 is 4.74 Å². The Kier molecular flexibility index (Phi) is 5.37. The van der Waals surface area contributed by atoms with Crippen LogP contribution in [0.2, 0.25) is 0 Å². The molecule has 2 nitrogen and oxygen atoms in total. The predicted molar refractivity (Wildman–Crippen MR) is 109 cm³/mol. The van der Waals surface area contributed by atoms with E-state index in [9.17, 15) is 4.79 Å². The summed E-state index contributed by atoms with van der Waals surface area (Å²) in [4.78, 5) is 14.1. The first-order valence-electron chi connectivity index (χ1n) is 8.69. The summed E-state index contributed by atoms with van der Waals surface area (Å²) in [5, 5.41) is 2.57. The standard InChI is InChI=1S/C20H21BrO2S2/c21-16-8-19(25-13-16)20-6-7-23-11-15(20)12-24-17(10-20)9-18(22)14-4-2-1-3-5-14/h1-5,8,13,15,17H,6-7,9-12H2/t15-,17?,20-/m0/s1. The fourth-order valence-corrected chi connectivity index (χ4v) is 7.47. The summed E-state index contributed by atoms with van der Waals surface area (Å²) in [5.74, 6) is 1.91. The van der Waals surface area contributed by atoms with Gasteiger partial charge in [0, 0.05) is 49.9 Å². The summed E-state index contributed by atoms with van der Waals surface area (Å²) in [7, 11) is 0. The molecule has 2 aliphatic heterocycles. The Labute approximate surface area is 165 Å². The molecular weight excluding hydrogens is 416 g/mol. The summed E-state index contributed by atoms with van der Waals surface area (Å²) in [5.41, 5.74) is 1.02. The van der Waals surface area contributed by atoms with Gasteiger partial charge in [-0.05, 0) is 40.6 Å². The highest BCUT2D eigenvalue weighted by molar-refractivity contribution is 9.10. The minimum atomic E-state index is 0.182. The second kappa shape index (κ2) is 7.55. The van der Waals surface area contributed by atoms with Crippen molar-refractivity contribution < 1.29 is 9.53 Å². The van der Waals surface area contributed by atoms with Crippen molar-refractivity contribution in [1.82, 2.24) is 0 Å². The lowest BCUT2D eigenvalue weighted by molar-refractivity contribution is 0.00226. The number of benzene rings is 1. The van der Waals surface area contributed by atoms with E-state index in [1.165, 1.54) is 9.35 Å². The largest absolute Gasteiger partial charge is 0.381 e. The first-order valence-corrected chi connectivity index (χ1v) is 11.4. The molecule has 0 bridgehead atoms. The number of ether oxygens (including phenoxy) is 1. The van der Waals surface area contributed by atoms with E-state index in [1.54, 1.807) is 0 Å². The Hall–Kier alpha value is -0.620. The fourth-order valence-electron chi connectivity index (χ4n) is 4.12. The third kappa shape index (κ3) is 3.61. The van der Waals surface area contributed by atoms with Crippen molar-refractivity contribution in [2.45, 2.75) is 29.9 Å². The van der Waals surface area contributed by atoms with Crippen molar-refractivity contribution in [2.24, 2.45) is 5.92 Å². The van der Waals surface area contributed by atoms with Crippen LogP contribution in [0.5, 0.6) is 0 Å². The molecule has 1 aromatic carbocycles. The van der Waals surface area contributed by atoms with Gasteiger partial charge in [-0.3, -0.25) is 4.79 Å². The molecule has 0 aliphatic carbocycles. The third-order valence-electron chi connectivity index (χ3n) is 5.49. The molecule has 3 heterocycles. The van der Waals surface area contributed by atoms with Crippen LogP contribution in [0.1, 0.15) is 34.5 Å². The average molecular weight is 437 g/mol.